The first-order chi connectivity index (χ1) is 8.68. The van der Waals surface area contributed by atoms with Crippen molar-refractivity contribution in [2.45, 2.75) is 19.3 Å². The van der Waals surface area contributed by atoms with Crippen LogP contribution in [0.2, 0.25) is 10.0 Å². The molecule has 1 amide bonds. The van der Waals surface area contributed by atoms with E-state index in [2.05, 4.69) is 0 Å². The number of likely N-dealkylation sites (tertiary alicyclic amines) is 1. The monoisotopic (exact) mass is 283 g/mol. The second-order valence-electron chi connectivity index (χ2n) is 4.35. The van der Waals surface area contributed by atoms with Gasteiger partial charge in [-0.15, -0.1) is 0 Å². The molecule has 1 fully saturated rings. The summed E-state index contributed by atoms with van der Waals surface area (Å²) in [6.45, 7) is 1.69. The molecule has 2 nitrogen and oxygen atoms in total. The Kier molecular flexibility index (Phi) is 4.67. The molecule has 1 aliphatic rings. The first kappa shape index (κ1) is 13.4. The van der Waals surface area contributed by atoms with Gasteiger partial charge in [0.2, 0.25) is 5.91 Å². The Bertz CT molecular complexity index is 445. The molecular weight excluding hydrogens is 269 g/mol. The highest BCUT2D eigenvalue weighted by atomic mass is 35.5. The molecule has 0 N–H and O–H groups in total. The Labute approximate surface area is 117 Å². The summed E-state index contributed by atoms with van der Waals surface area (Å²) in [7, 11) is 0. The van der Waals surface area contributed by atoms with Gasteiger partial charge in [-0.2, -0.15) is 0 Å². The van der Waals surface area contributed by atoms with Gasteiger partial charge in [0.25, 0.3) is 0 Å². The van der Waals surface area contributed by atoms with Crippen LogP contribution in [0.3, 0.4) is 0 Å². The van der Waals surface area contributed by atoms with Crippen LogP contribution in [0.4, 0.5) is 0 Å². The van der Waals surface area contributed by atoms with E-state index in [1.807, 2.05) is 4.90 Å². The number of piperidine rings is 1. The highest BCUT2D eigenvalue weighted by Crippen LogP contribution is 2.25. The molecule has 1 aliphatic heterocycles. The van der Waals surface area contributed by atoms with Crippen LogP contribution in [0, 0.1) is 0 Å². The highest BCUT2D eigenvalue weighted by Gasteiger charge is 2.13. The van der Waals surface area contributed by atoms with E-state index >= 15 is 0 Å². The first-order valence-corrected chi connectivity index (χ1v) is 6.85. The molecule has 0 aliphatic carbocycles. The summed E-state index contributed by atoms with van der Waals surface area (Å²) < 4.78 is 0. The second-order valence-corrected chi connectivity index (χ2v) is 5.17. The number of halogens is 2. The molecule has 4 heteroatoms. The zero-order chi connectivity index (χ0) is 13.0. The van der Waals surface area contributed by atoms with E-state index in [4.69, 9.17) is 23.2 Å². The van der Waals surface area contributed by atoms with E-state index in [9.17, 15) is 4.79 Å². The number of amides is 1. The number of nitrogens with zero attached hydrogens (tertiary/aromatic N) is 1. The summed E-state index contributed by atoms with van der Waals surface area (Å²) in [4.78, 5) is 13.8. The van der Waals surface area contributed by atoms with Gasteiger partial charge in [-0.05, 0) is 37.5 Å². The van der Waals surface area contributed by atoms with Crippen LogP contribution in [0.5, 0.6) is 0 Å². The topological polar surface area (TPSA) is 20.3 Å². The molecule has 0 bridgehead atoms. The molecule has 2 rings (SSSR count). The van der Waals surface area contributed by atoms with Crippen molar-refractivity contribution in [1.29, 1.82) is 0 Å². The number of benzene rings is 1. The van der Waals surface area contributed by atoms with Crippen LogP contribution in [0.15, 0.2) is 24.3 Å². The van der Waals surface area contributed by atoms with Crippen LogP contribution >= 0.6 is 23.2 Å². The van der Waals surface area contributed by atoms with Crippen LogP contribution in [-0.2, 0) is 4.79 Å². The van der Waals surface area contributed by atoms with Gasteiger partial charge < -0.3 is 4.90 Å². The quantitative estimate of drug-likeness (QED) is 0.751. The van der Waals surface area contributed by atoms with Gasteiger partial charge in [0, 0.05) is 34.8 Å². The zero-order valence-electron chi connectivity index (χ0n) is 10.0. The van der Waals surface area contributed by atoms with Crippen molar-refractivity contribution in [2.75, 3.05) is 13.1 Å². The lowest BCUT2D eigenvalue weighted by atomic mass is 10.1. The minimum atomic E-state index is 0.0330. The molecular formula is C14H15Cl2NO. The van der Waals surface area contributed by atoms with E-state index in [0.29, 0.717) is 15.6 Å². The second kappa shape index (κ2) is 6.26. The minimum absolute atomic E-state index is 0.0330. The molecule has 1 saturated heterocycles. The largest absolute Gasteiger partial charge is 0.339 e. The summed E-state index contributed by atoms with van der Waals surface area (Å²) in [5.74, 6) is 0.0330. The Morgan fingerprint density at radius 1 is 1.11 bits per heavy atom. The normalized spacial score (nSPS) is 16.2. The van der Waals surface area contributed by atoms with E-state index in [1.54, 1.807) is 30.4 Å². The number of rotatable bonds is 2. The third-order valence-electron chi connectivity index (χ3n) is 3.06. The fourth-order valence-corrected chi connectivity index (χ4v) is 2.57. The lowest BCUT2D eigenvalue weighted by molar-refractivity contribution is -0.126. The smallest absolute Gasteiger partial charge is 0.246 e. The summed E-state index contributed by atoms with van der Waals surface area (Å²) in [6, 6.07) is 5.31. The maximum absolute atomic E-state index is 11.9. The van der Waals surface area contributed by atoms with Crippen LogP contribution in [0.25, 0.3) is 6.08 Å². The fraction of sp³-hybridized carbons (Fsp3) is 0.357. The van der Waals surface area contributed by atoms with Crippen LogP contribution in [0.1, 0.15) is 24.8 Å². The predicted octanol–water partition coefficient (Wildman–Crippen LogP) is 4.02. The maximum Gasteiger partial charge on any atom is 0.246 e. The van der Waals surface area contributed by atoms with Crippen molar-refractivity contribution >= 4 is 35.2 Å². The van der Waals surface area contributed by atoms with E-state index in [-0.39, 0.29) is 5.91 Å². The molecule has 96 valence electrons. The standard InChI is InChI=1S/C14H15Cl2NO/c15-12-5-4-6-13(16)11(12)7-8-14(18)17-9-2-1-3-10-17/h4-8H,1-3,9-10H2/b8-7+. The van der Waals surface area contributed by atoms with E-state index in [0.717, 1.165) is 25.9 Å². The lowest BCUT2D eigenvalue weighted by Crippen LogP contribution is -2.34. The van der Waals surface area contributed by atoms with Gasteiger partial charge in [0.05, 0.1) is 0 Å². The van der Waals surface area contributed by atoms with Gasteiger partial charge in [-0.3, -0.25) is 4.79 Å². The van der Waals surface area contributed by atoms with Gasteiger partial charge >= 0.3 is 0 Å². The van der Waals surface area contributed by atoms with Gasteiger partial charge in [0.15, 0.2) is 0 Å². The van der Waals surface area contributed by atoms with Crippen molar-refractivity contribution in [2.24, 2.45) is 0 Å². The molecule has 0 saturated carbocycles. The molecule has 0 atom stereocenters. The molecule has 0 aromatic heterocycles. The average molecular weight is 284 g/mol. The van der Waals surface area contributed by atoms with Crippen molar-refractivity contribution < 1.29 is 4.79 Å². The minimum Gasteiger partial charge on any atom is -0.339 e. The van der Waals surface area contributed by atoms with Gasteiger partial charge in [-0.1, -0.05) is 29.3 Å². The summed E-state index contributed by atoms with van der Waals surface area (Å²) >= 11 is 12.1. The van der Waals surface area contributed by atoms with Gasteiger partial charge in [0.1, 0.15) is 0 Å². The number of carbonyl (C=O) groups excluding carboxylic acids is 1. The summed E-state index contributed by atoms with van der Waals surface area (Å²) in [6.07, 6.45) is 6.64. The molecule has 1 aromatic rings. The predicted molar refractivity (Wildman–Crippen MR) is 75.9 cm³/mol. The molecule has 0 spiro atoms. The Hall–Kier alpha value is -0.990. The van der Waals surface area contributed by atoms with E-state index < -0.39 is 0 Å². The zero-order valence-corrected chi connectivity index (χ0v) is 11.5. The number of hydrogen-bond acceptors (Lipinski definition) is 1. The Morgan fingerprint density at radius 3 is 2.33 bits per heavy atom. The van der Waals surface area contributed by atoms with Crippen molar-refractivity contribution in [1.82, 2.24) is 4.90 Å². The maximum atomic E-state index is 11.9. The van der Waals surface area contributed by atoms with Crippen molar-refractivity contribution in [3.8, 4) is 0 Å². The van der Waals surface area contributed by atoms with Crippen LogP contribution in [-0.4, -0.2) is 23.9 Å². The molecule has 0 unspecified atom stereocenters. The van der Waals surface area contributed by atoms with Crippen LogP contribution < -0.4 is 0 Å². The Balaban J connectivity index is 2.08. The van der Waals surface area contributed by atoms with Gasteiger partial charge in [-0.25, -0.2) is 0 Å². The number of hydrogen-bond donors (Lipinski definition) is 0. The summed E-state index contributed by atoms with van der Waals surface area (Å²) in [5.41, 5.74) is 0.700. The number of carbonyl (C=O) groups is 1. The average Bonchev–Trinajstić information content (AvgIpc) is 2.39. The molecule has 18 heavy (non-hydrogen) atoms. The Morgan fingerprint density at radius 2 is 1.72 bits per heavy atom. The molecule has 1 aromatic carbocycles. The van der Waals surface area contributed by atoms with Crippen molar-refractivity contribution in [3.05, 3.63) is 39.9 Å². The summed E-state index contributed by atoms with van der Waals surface area (Å²) in [5, 5.41) is 1.12. The van der Waals surface area contributed by atoms with E-state index in [1.165, 1.54) is 6.42 Å². The fourth-order valence-electron chi connectivity index (χ4n) is 2.04. The molecule has 1 heterocycles. The third-order valence-corrected chi connectivity index (χ3v) is 3.72. The highest BCUT2D eigenvalue weighted by molar-refractivity contribution is 6.37. The molecule has 0 radical (unpaired) electrons. The van der Waals surface area contributed by atoms with Crippen molar-refractivity contribution in [3.63, 3.8) is 0 Å². The lowest BCUT2D eigenvalue weighted by Gasteiger charge is -2.25. The third kappa shape index (κ3) is 3.27. The first-order valence-electron chi connectivity index (χ1n) is 6.09. The SMILES string of the molecule is O=C(/C=C/c1c(Cl)cccc1Cl)N1CCCCC1.